The fraction of sp³-hybridized carbons (Fsp3) is 0.348. The molecule has 4 rings (SSSR count). The maximum absolute atomic E-state index is 12.8. The van der Waals surface area contributed by atoms with Crippen LogP contribution in [0.4, 0.5) is 0 Å². The molecule has 0 spiro atoms. The fourth-order valence-corrected chi connectivity index (χ4v) is 4.03. The van der Waals surface area contributed by atoms with Gasteiger partial charge in [0.2, 0.25) is 11.8 Å². The summed E-state index contributed by atoms with van der Waals surface area (Å²) in [4.78, 5) is 40.5. The third-order valence-electron chi connectivity index (χ3n) is 5.67. The number of fused-ring (bicyclic) bond motifs is 1. The van der Waals surface area contributed by atoms with Gasteiger partial charge in [-0.15, -0.1) is 0 Å². The molecule has 0 aliphatic carbocycles. The van der Waals surface area contributed by atoms with Gasteiger partial charge in [0, 0.05) is 5.56 Å². The Labute approximate surface area is 175 Å². The SMILES string of the molecule is O=C(CN1C(=O)Cc2ccccc2C1=O)N[C@@H](C[NH+]1CCOCC1)c1ccccc1. The van der Waals surface area contributed by atoms with Gasteiger partial charge >= 0.3 is 0 Å². The van der Waals surface area contributed by atoms with Crippen molar-refractivity contribution in [1.29, 1.82) is 0 Å². The lowest BCUT2D eigenvalue weighted by atomic mass is 9.98. The lowest BCUT2D eigenvalue weighted by Gasteiger charge is -2.30. The minimum atomic E-state index is -0.410. The third kappa shape index (κ3) is 4.58. The Morgan fingerprint density at radius 2 is 1.73 bits per heavy atom. The molecule has 0 unspecified atom stereocenters. The summed E-state index contributed by atoms with van der Waals surface area (Å²) in [5.41, 5.74) is 2.20. The number of hydrogen-bond donors (Lipinski definition) is 2. The highest BCUT2D eigenvalue weighted by atomic mass is 16.5. The predicted molar refractivity (Wildman–Crippen MR) is 110 cm³/mol. The van der Waals surface area contributed by atoms with Gasteiger partial charge in [-0.2, -0.15) is 0 Å². The van der Waals surface area contributed by atoms with Crippen LogP contribution in [0.5, 0.6) is 0 Å². The number of nitrogens with one attached hydrogen (secondary N) is 2. The number of morpholine rings is 1. The first kappa shape index (κ1) is 20.3. The molecular formula is C23H26N3O4+. The lowest BCUT2D eigenvalue weighted by molar-refractivity contribution is -0.909. The molecular weight excluding hydrogens is 382 g/mol. The van der Waals surface area contributed by atoms with Gasteiger partial charge in [-0.05, 0) is 17.2 Å². The summed E-state index contributed by atoms with van der Waals surface area (Å²) >= 11 is 0. The minimum Gasteiger partial charge on any atom is -0.370 e. The summed E-state index contributed by atoms with van der Waals surface area (Å²) in [6.45, 7) is 3.65. The Morgan fingerprint density at radius 1 is 1.03 bits per heavy atom. The van der Waals surface area contributed by atoms with Crippen molar-refractivity contribution in [3.63, 3.8) is 0 Å². The van der Waals surface area contributed by atoms with Crippen molar-refractivity contribution >= 4 is 17.7 Å². The normalized spacial score (nSPS) is 18.1. The second-order valence-electron chi connectivity index (χ2n) is 7.72. The molecule has 3 amide bonds. The van der Waals surface area contributed by atoms with Gasteiger partial charge in [0.15, 0.2) is 0 Å². The number of benzene rings is 2. The van der Waals surface area contributed by atoms with E-state index in [1.54, 1.807) is 24.3 Å². The van der Waals surface area contributed by atoms with Gasteiger partial charge in [-0.1, -0.05) is 48.5 Å². The first-order chi connectivity index (χ1) is 14.6. The van der Waals surface area contributed by atoms with Crippen molar-refractivity contribution in [1.82, 2.24) is 10.2 Å². The summed E-state index contributed by atoms with van der Waals surface area (Å²) in [5.74, 6) is -1.09. The quantitative estimate of drug-likeness (QED) is 0.659. The monoisotopic (exact) mass is 408 g/mol. The molecule has 1 fully saturated rings. The average Bonchev–Trinajstić information content (AvgIpc) is 2.77. The molecule has 2 aliphatic rings. The van der Waals surface area contributed by atoms with Crippen molar-refractivity contribution < 1.29 is 24.0 Å². The lowest BCUT2D eigenvalue weighted by Crippen LogP contribution is -3.14. The van der Waals surface area contributed by atoms with E-state index in [0.29, 0.717) is 24.3 Å². The van der Waals surface area contributed by atoms with E-state index in [2.05, 4.69) is 5.32 Å². The molecule has 0 aromatic heterocycles. The summed E-state index contributed by atoms with van der Waals surface area (Å²) in [7, 11) is 0. The smallest absolute Gasteiger partial charge is 0.261 e. The van der Waals surface area contributed by atoms with Crippen LogP contribution < -0.4 is 10.2 Å². The molecule has 7 nitrogen and oxygen atoms in total. The van der Waals surface area contributed by atoms with E-state index in [1.165, 1.54) is 4.90 Å². The highest BCUT2D eigenvalue weighted by Crippen LogP contribution is 2.19. The third-order valence-corrected chi connectivity index (χ3v) is 5.67. The molecule has 0 bridgehead atoms. The van der Waals surface area contributed by atoms with E-state index < -0.39 is 5.91 Å². The summed E-state index contributed by atoms with van der Waals surface area (Å²) in [5, 5.41) is 3.05. The van der Waals surface area contributed by atoms with Gasteiger partial charge in [-0.25, -0.2) is 0 Å². The van der Waals surface area contributed by atoms with Crippen LogP contribution in [0.1, 0.15) is 27.5 Å². The van der Waals surface area contributed by atoms with E-state index in [-0.39, 0.29) is 30.8 Å². The van der Waals surface area contributed by atoms with Gasteiger partial charge in [0.1, 0.15) is 32.2 Å². The molecule has 30 heavy (non-hydrogen) atoms. The highest BCUT2D eigenvalue weighted by molar-refractivity contribution is 6.11. The molecule has 0 saturated carbocycles. The first-order valence-corrected chi connectivity index (χ1v) is 10.3. The van der Waals surface area contributed by atoms with Gasteiger partial charge < -0.3 is 15.0 Å². The number of carbonyl (C=O) groups excluding carboxylic acids is 3. The zero-order valence-electron chi connectivity index (χ0n) is 16.8. The predicted octanol–water partition coefficient (Wildman–Crippen LogP) is -0.0159. The maximum atomic E-state index is 12.8. The fourth-order valence-electron chi connectivity index (χ4n) is 4.03. The van der Waals surface area contributed by atoms with Crippen molar-refractivity contribution in [3.05, 3.63) is 71.3 Å². The standard InChI is InChI=1S/C23H25N3O4/c27-21(16-26-22(28)14-18-8-4-5-9-19(18)23(26)29)24-20(17-6-2-1-3-7-17)15-25-10-12-30-13-11-25/h1-9,20H,10-16H2,(H,24,27)/p+1/t20-/m0/s1. The molecule has 2 aromatic rings. The number of ether oxygens (including phenoxy) is 1. The number of imide groups is 1. The second kappa shape index (κ2) is 9.19. The van der Waals surface area contributed by atoms with Crippen LogP contribution in [-0.2, 0) is 20.7 Å². The minimum absolute atomic E-state index is 0.134. The maximum Gasteiger partial charge on any atom is 0.261 e. The molecule has 1 atom stereocenters. The Morgan fingerprint density at radius 3 is 2.50 bits per heavy atom. The zero-order chi connectivity index (χ0) is 20.9. The van der Waals surface area contributed by atoms with Crippen LogP contribution in [0.2, 0.25) is 0 Å². The van der Waals surface area contributed by atoms with Crippen molar-refractivity contribution in [2.24, 2.45) is 0 Å². The highest BCUT2D eigenvalue weighted by Gasteiger charge is 2.33. The van der Waals surface area contributed by atoms with Crippen LogP contribution in [0.3, 0.4) is 0 Å². The second-order valence-corrected chi connectivity index (χ2v) is 7.72. The van der Waals surface area contributed by atoms with Crippen LogP contribution in [0, 0.1) is 0 Å². The Kier molecular flexibility index (Phi) is 6.21. The molecule has 2 aromatic carbocycles. The molecule has 2 heterocycles. The van der Waals surface area contributed by atoms with E-state index in [9.17, 15) is 14.4 Å². The van der Waals surface area contributed by atoms with Crippen LogP contribution in [-0.4, -0.2) is 62.0 Å². The molecule has 0 radical (unpaired) electrons. The average molecular weight is 408 g/mol. The topological polar surface area (TPSA) is 80.2 Å². The number of rotatable bonds is 6. The molecule has 7 heteroatoms. The van der Waals surface area contributed by atoms with Crippen LogP contribution in [0.25, 0.3) is 0 Å². The van der Waals surface area contributed by atoms with E-state index >= 15 is 0 Å². The number of amides is 3. The molecule has 1 saturated heterocycles. The van der Waals surface area contributed by atoms with Gasteiger partial charge in [0.25, 0.3) is 5.91 Å². The largest absolute Gasteiger partial charge is 0.370 e. The zero-order valence-corrected chi connectivity index (χ0v) is 16.8. The number of hydrogen-bond acceptors (Lipinski definition) is 4. The van der Waals surface area contributed by atoms with Crippen molar-refractivity contribution in [2.75, 3.05) is 39.4 Å². The van der Waals surface area contributed by atoms with Gasteiger partial charge in [-0.3, -0.25) is 19.3 Å². The number of nitrogens with zero attached hydrogens (tertiary/aromatic N) is 1. The van der Waals surface area contributed by atoms with Crippen LogP contribution in [0.15, 0.2) is 54.6 Å². The van der Waals surface area contributed by atoms with Crippen LogP contribution >= 0.6 is 0 Å². The Hall–Kier alpha value is -3.03. The Bertz CT molecular complexity index is 925. The summed E-state index contributed by atoms with van der Waals surface area (Å²) < 4.78 is 5.43. The van der Waals surface area contributed by atoms with Crippen molar-refractivity contribution in [2.45, 2.75) is 12.5 Å². The summed E-state index contributed by atoms with van der Waals surface area (Å²) in [6.07, 6.45) is 0.134. The first-order valence-electron chi connectivity index (χ1n) is 10.3. The molecule has 2 N–H and O–H groups in total. The van der Waals surface area contributed by atoms with E-state index in [0.717, 1.165) is 30.1 Å². The number of carbonyl (C=O) groups is 3. The van der Waals surface area contributed by atoms with E-state index in [4.69, 9.17) is 4.74 Å². The Balaban J connectivity index is 1.46. The summed E-state index contributed by atoms with van der Waals surface area (Å²) in [6, 6.07) is 16.6. The van der Waals surface area contributed by atoms with Gasteiger partial charge in [0.05, 0.1) is 19.6 Å². The molecule has 156 valence electrons. The number of quaternary nitrogens is 1. The molecule has 2 aliphatic heterocycles. The van der Waals surface area contributed by atoms with E-state index in [1.807, 2.05) is 30.3 Å². The van der Waals surface area contributed by atoms with Crippen molar-refractivity contribution in [3.8, 4) is 0 Å².